The first-order valence-corrected chi connectivity index (χ1v) is 7.85. The monoisotopic (exact) mass is 362 g/mol. The molecule has 0 saturated heterocycles. The quantitative estimate of drug-likeness (QED) is 0.450. The standard InChI is InChI=1S/2C9H6O2.CH2N4/c2*10-8-5-6-11-9-4-2-1-3-7(8)9;1-2-4-5-3-1/h2*1-6H;1H,(H,2,3,4,5). The highest BCUT2D eigenvalue weighted by Gasteiger charge is 1.96. The van der Waals surface area contributed by atoms with Crippen molar-refractivity contribution < 1.29 is 8.83 Å². The number of benzene rings is 2. The Hall–Kier alpha value is -4.07. The van der Waals surface area contributed by atoms with Gasteiger partial charge >= 0.3 is 0 Å². The van der Waals surface area contributed by atoms with Crippen molar-refractivity contribution in [2.75, 3.05) is 0 Å². The average molecular weight is 362 g/mol. The fraction of sp³-hybridized carbons (Fsp3) is 0. The van der Waals surface area contributed by atoms with Crippen molar-refractivity contribution in [3.05, 3.63) is 100.0 Å². The molecule has 0 aliphatic carbocycles. The Bertz CT molecular complexity index is 1120. The molecule has 2 aromatic carbocycles. The van der Waals surface area contributed by atoms with Crippen molar-refractivity contribution in [2.24, 2.45) is 0 Å². The van der Waals surface area contributed by atoms with Gasteiger partial charge in [0.05, 0.1) is 23.3 Å². The number of hydrogen-bond acceptors (Lipinski definition) is 7. The lowest BCUT2D eigenvalue weighted by Crippen LogP contribution is -1.96. The molecule has 0 radical (unpaired) electrons. The lowest BCUT2D eigenvalue weighted by Gasteiger charge is -1.91. The number of nitrogens with one attached hydrogen (secondary N) is 1. The van der Waals surface area contributed by atoms with Gasteiger partial charge in [-0.15, -0.1) is 10.2 Å². The predicted molar refractivity (Wildman–Crippen MR) is 99.1 cm³/mol. The normalized spacial score (nSPS) is 9.78. The summed E-state index contributed by atoms with van der Waals surface area (Å²) < 4.78 is 10.2. The van der Waals surface area contributed by atoms with Gasteiger partial charge in [0.25, 0.3) is 0 Å². The zero-order valence-electron chi connectivity index (χ0n) is 14.0. The van der Waals surface area contributed by atoms with Crippen LogP contribution >= 0.6 is 0 Å². The van der Waals surface area contributed by atoms with Crippen LogP contribution in [0.5, 0.6) is 0 Å². The third-order valence-electron chi connectivity index (χ3n) is 3.40. The van der Waals surface area contributed by atoms with E-state index in [0.29, 0.717) is 21.9 Å². The molecule has 134 valence electrons. The third-order valence-corrected chi connectivity index (χ3v) is 3.40. The van der Waals surface area contributed by atoms with Crippen LogP contribution in [0.25, 0.3) is 21.9 Å². The molecule has 0 spiro atoms. The van der Waals surface area contributed by atoms with Gasteiger partial charge < -0.3 is 8.83 Å². The summed E-state index contributed by atoms with van der Waals surface area (Å²) in [6.45, 7) is 0. The molecule has 0 saturated carbocycles. The minimum absolute atomic E-state index is 0.00634. The van der Waals surface area contributed by atoms with E-state index in [0.717, 1.165) is 0 Å². The van der Waals surface area contributed by atoms with Crippen molar-refractivity contribution in [2.45, 2.75) is 0 Å². The Morgan fingerprint density at radius 2 is 1.22 bits per heavy atom. The maximum atomic E-state index is 11.1. The van der Waals surface area contributed by atoms with Crippen LogP contribution in [0.4, 0.5) is 0 Å². The van der Waals surface area contributed by atoms with E-state index in [2.05, 4.69) is 20.6 Å². The van der Waals surface area contributed by atoms with E-state index in [4.69, 9.17) is 8.83 Å². The molecule has 0 amide bonds. The molecule has 8 heteroatoms. The van der Waals surface area contributed by atoms with E-state index >= 15 is 0 Å². The Labute approximate surface area is 152 Å². The van der Waals surface area contributed by atoms with Crippen molar-refractivity contribution >= 4 is 21.9 Å². The number of aromatic amines is 1. The number of hydrogen-bond donors (Lipinski definition) is 1. The first-order valence-electron chi connectivity index (χ1n) is 7.85. The highest BCUT2D eigenvalue weighted by molar-refractivity contribution is 5.76. The zero-order valence-corrected chi connectivity index (χ0v) is 14.0. The lowest BCUT2D eigenvalue weighted by molar-refractivity contribution is 0.602. The van der Waals surface area contributed by atoms with E-state index in [1.165, 1.54) is 31.0 Å². The predicted octanol–water partition coefficient (Wildman–Crippen LogP) is 2.79. The fourth-order valence-corrected chi connectivity index (χ4v) is 2.19. The second kappa shape index (κ2) is 8.86. The van der Waals surface area contributed by atoms with Gasteiger partial charge in [-0.05, 0) is 24.3 Å². The van der Waals surface area contributed by atoms with E-state index in [-0.39, 0.29) is 10.9 Å². The highest BCUT2D eigenvalue weighted by atomic mass is 16.3. The van der Waals surface area contributed by atoms with Crippen molar-refractivity contribution in [3.8, 4) is 0 Å². The second-order valence-electron chi connectivity index (χ2n) is 5.12. The number of rotatable bonds is 0. The Morgan fingerprint density at radius 1 is 0.704 bits per heavy atom. The van der Waals surface area contributed by atoms with Gasteiger partial charge in [-0.2, -0.15) is 5.21 Å². The Kier molecular flexibility index (Phi) is 5.82. The van der Waals surface area contributed by atoms with Crippen molar-refractivity contribution in [1.82, 2.24) is 20.6 Å². The maximum Gasteiger partial charge on any atom is 0.192 e. The van der Waals surface area contributed by atoms with Crippen molar-refractivity contribution in [3.63, 3.8) is 0 Å². The molecule has 3 aromatic heterocycles. The molecule has 0 unspecified atom stereocenters. The first kappa shape index (κ1) is 17.7. The summed E-state index contributed by atoms with van der Waals surface area (Å²) in [4.78, 5) is 22.2. The lowest BCUT2D eigenvalue weighted by atomic mass is 10.2. The van der Waals surface area contributed by atoms with E-state index in [1.807, 2.05) is 24.3 Å². The number of para-hydroxylation sites is 2. The summed E-state index contributed by atoms with van der Waals surface area (Å²) in [7, 11) is 0. The van der Waals surface area contributed by atoms with E-state index < -0.39 is 0 Å². The number of tetrazole rings is 1. The molecular weight excluding hydrogens is 348 g/mol. The molecule has 27 heavy (non-hydrogen) atoms. The topological polar surface area (TPSA) is 115 Å². The van der Waals surface area contributed by atoms with Crippen LogP contribution in [-0.4, -0.2) is 20.6 Å². The van der Waals surface area contributed by atoms with Gasteiger partial charge in [0, 0.05) is 12.1 Å². The van der Waals surface area contributed by atoms with Crippen LogP contribution in [-0.2, 0) is 0 Å². The summed E-state index contributed by atoms with van der Waals surface area (Å²) in [5.74, 6) is 0. The van der Waals surface area contributed by atoms with Gasteiger partial charge in [-0.25, -0.2) is 0 Å². The number of fused-ring (bicyclic) bond motifs is 2. The van der Waals surface area contributed by atoms with Crippen LogP contribution in [0, 0.1) is 0 Å². The summed E-state index contributed by atoms with van der Waals surface area (Å²) >= 11 is 0. The van der Waals surface area contributed by atoms with Crippen LogP contribution in [0.3, 0.4) is 0 Å². The zero-order chi connectivity index (χ0) is 18.9. The highest BCUT2D eigenvalue weighted by Crippen LogP contribution is 2.07. The molecule has 5 aromatic rings. The van der Waals surface area contributed by atoms with Crippen molar-refractivity contribution in [1.29, 1.82) is 0 Å². The van der Waals surface area contributed by atoms with Gasteiger partial charge in [-0.3, -0.25) is 9.59 Å². The summed E-state index contributed by atoms with van der Waals surface area (Å²) in [6, 6.07) is 17.2. The fourth-order valence-electron chi connectivity index (χ4n) is 2.19. The van der Waals surface area contributed by atoms with Crippen LogP contribution in [0.2, 0.25) is 0 Å². The minimum atomic E-state index is 0.00634. The van der Waals surface area contributed by atoms with E-state index in [9.17, 15) is 9.59 Å². The molecular formula is C19H14N4O4. The minimum Gasteiger partial charge on any atom is -0.464 e. The summed E-state index contributed by atoms with van der Waals surface area (Å²) in [5, 5.41) is 13.4. The Morgan fingerprint density at radius 3 is 1.59 bits per heavy atom. The van der Waals surface area contributed by atoms with Crippen LogP contribution < -0.4 is 10.9 Å². The van der Waals surface area contributed by atoms with Gasteiger partial charge in [0.15, 0.2) is 17.2 Å². The molecule has 0 bridgehead atoms. The SMILES string of the molecule is O=c1ccoc2ccccc12.O=c1ccoc2ccccc12.c1nn[nH]n1. The summed E-state index contributed by atoms with van der Waals surface area (Å²) in [5.41, 5.74) is 1.29. The van der Waals surface area contributed by atoms with Crippen LogP contribution in [0.15, 0.2) is 97.9 Å². The molecule has 3 heterocycles. The molecule has 8 nitrogen and oxygen atoms in total. The van der Waals surface area contributed by atoms with Gasteiger partial charge in [0.1, 0.15) is 11.2 Å². The number of nitrogens with zero attached hydrogens (tertiary/aromatic N) is 3. The molecule has 0 fully saturated rings. The summed E-state index contributed by atoms with van der Waals surface area (Å²) in [6.07, 6.45) is 4.15. The molecule has 5 rings (SSSR count). The molecule has 0 atom stereocenters. The molecule has 0 aliphatic heterocycles. The molecule has 0 aliphatic rings. The second-order valence-corrected chi connectivity index (χ2v) is 5.12. The maximum absolute atomic E-state index is 11.1. The number of aromatic nitrogens is 4. The molecule has 1 N–H and O–H groups in total. The smallest absolute Gasteiger partial charge is 0.192 e. The first-order chi connectivity index (χ1) is 13.3. The van der Waals surface area contributed by atoms with Gasteiger partial charge in [-0.1, -0.05) is 29.5 Å². The van der Waals surface area contributed by atoms with Crippen LogP contribution in [0.1, 0.15) is 0 Å². The third kappa shape index (κ3) is 4.73. The van der Waals surface area contributed by atoms with E-state index in [1.54, 1.807) is 24.3 Å². The Balaban J connectivity index is 0.000000125. The van der Waals surface area contributed by atoms with Gasteiger partial charge in [0.2, 0.25) is 0 Å². The average Bonchev–Trinajstić information content (AvgIpc) is 3.30. The largest absolute Gasteiger partial charge is 0.464 e. The number of H-pyrrole nitrogens is 1.